The number of methoxy groups -OCH3 is 1. The first-order valence-corrected chi connectivity index (χ1v) is 9.35. The van der Waals surface area contributed by atoms with Gasteiger partial charge in [0.1, 0.15) is 30.0 Å². The molecule has 2 aliphatic rings. The summed E-state index contributed by atoms with van der Waals surface area (Å²) in [6, 6.07) is 13.5. The summed E-state index contributed by atoms with van der Waals surface area (Å²) in [7, 11) is 1.57. The highest BCUT2D eigenvalue weighted by atomic mass is 16.5. The number of para-hydroxylation sites is 1. The number of carbonyl (C=O) groups excluding carboxylic acids is 2. The van der Waals surface area contributed by atoms with Crippen molar-refractivity contribution in [2.24, 2.45) is 0 Å². The van der Waals surface area contributed by atoms with E-state index in [4.69, 9.17) is 14.2 Å². The first-order valence-electron chi connectivity index (χ1n) is 9.35. The van der Waals surface area contributed by atoms with Gasteiger partial charge in [-0.1, -0.05) is 18.2 Å². The molecule has 2 aromatic rings. The topological polar surface area (TPSA) is 97.3 Å². The molecular weight excluding hydrogens is 376 g/mol. The molecule has 2 heterocycles. The molecule has 8 nitrogen and oxygen atoms in total. The van der Waals surface area contributed by atoms with Gasteiger partial charge < -0.3 is 24.6 Å². The van der Waals surface area contributed by atoms with E-state index >= 15 is 0 Å². The average molecular weight is 398 g/mol. The van der Waals surface area contributed by atoms with Crippen LogP contribution in [-0.4, -0.2) is 54.9 Å². The first-order chi connectivity index (χ1) is 14.0. The van der Waals surface area contributed by atoms with E-state index in [2.05, 4.69) is 5.32 Å². The van der Waals surface area contributed by atoms with Crippen LogP contribution in [0.25, 0.3) is 0 Å². The molecular formula is C21H22N2O6. The Morgan fingerprint density at radius 2 is 1.90 bits per heavy atom. The lowest BCUT2D eigenvalue weighted by molar-refractivity contribution is -0.133. The number of fused-ring (bicyclic) bond motifs is 2. The number of β-amino-alcohol motifs (C(OH)–C–C–N with tert-alkyl or cyclic N) is 1. The zero-order valence-corrected chi connectivity index (χ0v) is 16.0. The van der Waals surface area contributed by atoms with E-state index in [1.54, 1.807) is 49.6 Å². The SMILES string of the molecule is COc1ccc(OC[C@H](O)CN2C(=O)N[C@@]3(CCOc4ccccc43)C2=O)cc1. The van der Waals surface area contributed by atoms with Crippen molar-refractivity contribution in [3.8, 4) is 17.2 Å². The van der Waals surface area contributed by atoms with Crippen LogP contribution in [0.1, 0.15) is 12.0 Å². The van der Waals surface area contributed by atoms with Crippen LogP contribution < -0.4 is 19.5 Å². The highest BCUT2D eigenvalue weighted by Gasteiger charge is 2.55. The Bertz CT molecular complexity index is 916. The van der Waals surface area contributed by atoms with Gasteiger partial charge in [-0.15, -0.1) is 0 Å². The molecule has 0 radical (unpaired) electrons. The van der Waals surface area contributed by atoms with Gasteiger partial charge in [0.25, 0.3) is 5.91 Å². The molecule has 2 aromatic carbocycles. The predicted molar refractivity (Wildman–Crippen MR) is 103 cm³/mol. The molecule has 1 saturated heterocycles. The fourth-order valence-corrected chi connectivity index (χ4v) is 3.67. The number of hydrogen-bond donors (Lipinski definition) is 2. The maximum absolute atomic E-state index is 13.2. The predicted octanol–water partition coefficient (Wildman–Crippen LogP) is 1.66. The van der Waals surface area contributed by atoms with Crippen LogP contribution in [0.4, 0.5) is 4.79 Å². The number of hydrogen-bond acceptors (Lipinski definition) is 6. The van der Waals surface area contributed by atoms with Gasteiger partial charge in [0.15, 0.2) is 5.54 Å². The number of imide groups is 1. The molecule has 0 bridgehead atoms. The van der Waals surface area contributed by atoms with E-state index < -0.39 is 17.7 Å². The highest BCUT2D eigenvalue weighted by molar-refractivity contribution is 6.08. The van der Waals surface area contributed by atoms with Crippen molar-refractivity contribution >= 4 is 11.9 Å². The first kappa shape index (κ1) is 19.1. The maximum atomic E-state index is 13.2. The zero-order chi connectivity index (χ0) is 20.4. The Hall–Kier alpha value is -3.26. The van der Waals surface area contributed by atoms with Crippen LogP contribution in [0, 0.1) is 0 Å². The second-order valence-corrected chi connectivity index (χ2v) is 6.99. The van der Waals surface area contributed by atoms with E-state index in [9.17, 15) is 14.7 Å². The van der Waals surface area contributed by atoms with E-state index in [0.29, 0.717) is 35.8 Å². The third-order valence-corrected chi connectivity index (χ3v) is 5.15. The van der Waals surface area contributed by atoms with E-state index in [-0.39, 0.29) is 19.1 Å². The zero-order valence-electron chi connectivity index (χ0n) is 16.0. The molecule has 0 aliphatic carbocycles. The van der Waals surface area contributed by atoms with Crippen molar-refractivity contribution in [3.63, 3.8) is 0 Å². The van der Waals surface area contributed by atoms with Gasteiger partial charge in [-0.3, -0.25) is 9.69 Å². The minimum Gasteiger partial charge on any atom is -0.497 e. The number of amides is 3. The smallest absolute Gasteiger partial charge is 0.325 e. The van der Waals surface area contributed by atoms with Crippen molar-refractivity contribution in [2.75, 3.05) is 26.9 Å². The lowest BCUT2D eigenvalue weighted by Gasteiger charge is -2.33. The third-order valence-electron chi connectivity index (χ3n) is 5.15. The Balaban J connectivity index is 1.43. The lowest BCUT2D eigenvalue weighted by Crippen LogP contribution is -2.48. The van der Waals surface area contributed by atoms with E-state index in [1.165, 1.54) is 0 Å². The molecule has 3 amide bonds. The van der Waals surface area contributed by atoms with Crippen LogP contribution in [0.15, 0.2) is 48.5 Å². The number of benzene rings is 2. The fraction of sp³-hybridized carbons (Fsp3) is 0.333. The summed E-state index contributed by atoms with van der Waals surface area (Å²) in [5, 5.41) is 13.1. The monoisotopic (exact) mass is 398 g/mol. The molecule has 0 saturated carbocycles. The van der Waals surface area contributed by atoms with Crippen LogP contribution >= 0.6 is 0 Å². The van der Waals surface area contributed by atoms with Crippen LogP contribution in [0.5, 0.6) is 17.2 Å². The van der Waals surface area contributed by atoms with Gasteiger partial charge >= 0.3 is 6.03 Å². The van der Waals surface area contributed by atoms with Gasteiger partial charge in [0.05, 0.1) is 20.3 Å². The minimum absolute atomic E-state index is 0.0594. The Morgan fingerprint density at radius 3 is 2.66 bits per heavy atom. The van der Waals surface area contributed by atoms with E-state index in [1.807, 2.05) is 6.07 Å². The molecule has 1 fully saturated rings. The Morgan fingerprint density at radius 1 is 1.17 bits per heavy atom. The van der Waals surface area contributed by atoms with Crippen LogP contribution in [-0.2, 0) is 10.3 Å². The van der Waals surface area contributed by atoms with E-state index in [0.717, 1.165) is 4.90 Å². The van der Waals surface area contributed by atoms with Crippen molar-refractivity contribution in [2.45, 2.75) is 18.1 Å². The second kappa shape index (κ2) is 7.63. The molecule has 8 heteroatoms. The molecule has 152 valence electrons. The summed E-state index contributed by atoms with van der Waals surface area (Å²) < 4.78 is 16.2. The van der Waals surface area contributed by atoms with Gasteiger partial charge in [-0.05, 0) is 30.3 Å². The highest BCUT2D eigenvalue weighted by Crippen LogP contribution is 2.40. The number of nitrogens with zero attached hydrogens (tertiary/aromatic N) is 1. The molecule has 2 atom stereocenters. The number of aliphatic hydroxyl groups excluding tert-OH is 1. The van der Waals surface area contributed by atoms with Crippen molar-refractivity contribution in [1.29, 1.82) is 0 Å². The number of ether oxygens (including phenoxy) is 3. The normalized spacial score (nSPS) is 21.4. The van der Waals surface area contributed by atoms with Crippen molar-refractivity contribution in [1.82, 2.24) is 10.2 Å². The standard InChI is InChI=1S/C21H22N2O6/c1-27-15-6-8-16(9-7-15)29-13-14(24)12-23-19(25)21(22-20(23)26)10-11-28-18-5-3-2-4-17(18)21/h2-9,14,24H,10-13H2,1H3,(H,22,26)/t14-,21-/m1/s1. The minimum atomic E-state index is -1.15. The summed E-state index contributed by atoms with van der Waals surface area (Å²) in [6.45, 7) is 0.0989. The molecule has 2 aliphatic heterocycles. The van der Waals surface area contributed by atoms with Crippen molar-refractivity contribution in [3.05, 3.63) is 54.1 Å². The average Bonchev–Trinajstić information content (AvgIpc) is 2.97. The summed E-state index contributed by atoms with van der Waals surface area (Å²) >= 11 is 0. The van der Waals surface area contributed by atoms with Crippen LogP contribution in [0.3, 0.4) is 0 Å². The quantitative estimate of drug-likeness (QED) is 0.719. The largest absolute Gasteiger partial charge is 0.497 e. The molecule has 0 unspecified atom stereocenters. The third kappa shape index (κ3) is 3.47. The molecule has 0 aromatic heterocycles. The summed E-state index contributed by atoms with van der Waals surface area (Å²) in [6.07, 6.45) is -0.694. The Labute approximate surface area is 168 Å². The summed E-state index contributed by atoms with van der Waals surface area (Å²) in [5.74, 6) is 1.44. The van der Waals surface area contributed by atoms with Gasteiger partial charge in [0, 0.05) is 12.0 Å². The molecule has 1 spiro atoms. The van der Waals surface area contributed by atoms with Gasteiger partial charge in [0.2, 0.25) is 0 Å². The summed E-state index contributed by atoms with van der Waals surface area (Å²) in [4.78, 5) is 26.7. The maximum Gasteiger partial charge on any atom is 0.325 e. The number of urea groups is 1. The molecule has 29 heavy (non-hydrogen) atoms. The van der Waals surface area contributed by atoms with Gasteiger partial charge in [-0.25, -0.2) is 4.79 Å². The number of nitrogens with one attached hydrogen (secondary N) is 1. The second-order valence-electron chi connectivity index (χ2n) is 6.99. The van der Waals surface area contributed by atoms with Gasteiger partial charge in [-0.2, -0.15) is 0 Å². The Kier molecular flexibility index (Phi) is 5.02. The summed E-state index contributed by atoms with van der Waals surface area (Å²) in [5.41, 5.74) is -0.515. The molecule has 2 N–H and O–H groups in total. The van der Waals surface area contributed by atoms with Crippen LogP contribution in [0.2, 0.25) is 0 Å². The fourth-order valence-electron chi connectivity index (χ4n) is 3.67. The lowest BCUT2D eigenvalue weighted by atomic mass is 9.84. The molecule has 4 rings (SSSR count). The number of rotatable bonds is 6. The number of aliphatic hydroxyl groups is 1. The number of carbonyl (C=O) groups is 2. The van der Waals surface area contributed by atoms with Crippen molar-refractivity contribution < 1.29 is 28.9 Å².